The molecule has 1 fully saturated rings. The van der Waals surface area contributed by atoms with Crippen molar-refractivity contribution >= 4 is 23.9 Å². The number of nitrogens with zero attached hydrogens (tertiary/aromatic N) is 1. The molecule has 8 heteroatoms. The molecule has 8 nitrogen and oxygen atoms in total. The van der Waals surface area contributed by atoms with E-state index in [2.05, 4.69) is 24.0 Å². The predicted molar refractivity (Wildman–Crippen MR) is 116 cm³/mol. The van der Waals surface area contributed by atoms with E-state index in [9.17, 15) is 19.2 Å². The second kappa shape index (κ2) is 10.6. The van der Waals surface area contributed by atoms with Crippen molar-refractivity contribution in [1.82, 2.24) is 10.4 Å². The fourth-order valence-corrected chi connectivity index (χ4v) is 3.59. The summed E-state index contributed by atoms with van der Waals surface area (Å²) in [5.41, 5.74) is 4.38. The van der Waals surface area contributed by atoms with Crippen molar-refractivity contribution in [1.29, 1.82) is 0 Å². The van der Waals surface area contributed by atoms with Gasteiger partial charge in [0, 0.05) is 18.8 Å². The molecular weight excluding hydrogens is 412 g/mol. The van der Waals surface area contributed by atoms with Gasteiger partial charge in [-0.3, -0.25) is 9.59 Å². The van der Waals surface area contributed by atoms with E-state index in [0.29, 0.717) is 5.06 Å². The predicted octanol–water partition coefficient (Wildman–Crippen LogP) is 3.55. The summed E-state index contributed by atoms with van der Waals surface area (Å²) in [7, 11) is 0. The molecule has 32 heavy (non-hydrogen) atoms. The molecule has 3 amide bonds. The maximum absolute atomic E-state index is 12.0. The van der Waals surface area contributed by atoms with Gasteiger partial charge in [-0.2, -0.15) is 0 Å². The van der Waals surface area contributed by atoms with Crippen molar-refractivity contribution in [3.8, 4) is 11.1 Å². The Balaban J connectivity index is 0.000000913. The summed E-state index contributed by atoms with van der Waals surface area (Å²) in [5, 5.41) is 2.71. The van der Waals surface area contributed by atoms with Crippen LogP contribution in [0.4, 0.5) is 4.79 Å². The van der Waals surface area contributed by atoms with Gasteiger partial charge in [-0.15, -0.1) is 5.06 Å². The van der Waals surface area contributed by atoms with Gasteiger partial charge < -0.3 is 14.9 Å². The van der Waals surface area contributed by atoms with E-state index in [1.54, 1.807) is 0 Å². The van der Waals surface area contributed by atoms with E-state index in [4.69, 9.17) is 4.74 Å². The zero-order valence-corrected chi connectivity index (χ0v) is 18.1. The molecule has 4 rings (SSSR count). The number of alkyl carbamates (subject to hydrolysis) is 1. The van der Waals surface area contributed by atoms with Gasteiger partial charge in [-0.1, -0.05) is 68.8 Å². The smallest absolute Gasteiger partial charge is 0.407 e. The molecule has 0 radical (unpaired) electrons. The fraction of sp³-hybridized carbons (Fsp3) is 0.333. The first-order valence-corrected chi connectivity index (χ1v) is 10.6. The van der Waals surface area contributed by atoms with Gasteiger partial charge in [0.1, 0.15) is 13.2 Å². The number of hydroxylamine groups is 2. The van der Waals surface area contributed by atoms with Gasteiger partial charge in [0.2, 0.25) is 0 Å². The summed E-state index contributed by atoms with van der Waals surface area (Å²) in [6.07, 6.45) is 0.473. The lowest BCUT2D eigenvalue weighted by Gasteiger charge is -2.15. The Morgan fingerprint density at radius 1 is 0.938 bits per heavy atom. The average molecular weight is 438 g/mol. The van der Waals surface area contributed by atoms with Crippen molar-refractivity contribution in [2.75, 3.05) is 13.2 Å². The Kier molecular flexibility index (Phi) is 7.59. The third-order valence-corrected chi connectivity index (χ3v) is 4.92. The third-order valence-electron chi connectivity index (χ3n) is 4.92. The van der Waals surface area contributed by atoms with Gasteiger partial charge >= 0.3 is 12.1 Å². The number of benzene rings is 2. The summed E-state index contributed by atoms with van der Waals surface area (Å²) in [6, 6.07) is 15.9. The zero-order valence-electron chi connectivity index (χ0n) is 18.1. The average Bonchev–Trinajstić information content (AvgIpc) is 3.28. The number of carbonyl (C=O) groups excluding carboxylic acids is 4. The van der Waals surface area contributed by atoms with Crippen LogP contribution in [0.25, 0.3) is 11.1 Å². The van der Waals surface area contributed by atoms with E-state index in [-0.39, 0.29) is 25.4 Å². The van der Waals surface area contributed by atoms with Crippen molar-refractivity contribution in [2.45, 2.75) is 39.0 Å². The van der Waals surface area contributed by atoms with Gasteiger partial charge in [0.15, 0.2) is 0 Å². The summed E-state index contributed by atoms with van der Waals surface area (Å²) < 4.78 is 5.30. The minimum atomic E-state index is -0.929. The first-order chi connectivity index (χ1) is 15.5. The number of hydrogen-bond acceptors (Lipinski definition) is 6. The van der Waals surface area contributed by atoms with Gasteiger partial charge in [-0.05, 0) is 22.3 Å². The molecule has 1 aliphatic carbocycles. The topological polar surface area (TPSA) is 102 Å². The van der Waals surface area contributed by atoms with Crippen LogP contribution in [-0.2, 0) is 24.0 Å². The Morgan fingerprint density at radius 3 is 1.97 bits per heavy atom. The van der Waals surface area contributed by atoms with E-state index >= 15 is 0 Å². The number of imide groups is 1. The number of fused-ring (bicyclic) bond motifs is 3. The highest BCUT2D eigenvalue weighted by Gasteiger charge is 2.33. The minimum Gasteiger partial charge on any atom is -0.449 e. The summed E-state index contributed by atoms with van der Waals surface area (Å²) in [5.74, 6) is -2.18. The molecule has 2 aliphatic rings. The van der Waals surface area contributed by atoms with E-state index in [1.165, 1.54) is 6.42 Å². The number of amides is 3. The number of rotatable bonds is 5. The number of hydrogen-bond donors (Lipinski definition) is 1. The lowest BCUT2D eigenvalue weighted by molar-refractivity contribution is -0.196. The summed E-state index contributed by atoms with van der Waals surface area (Å²) in [4.78, 5) is 51.3. The maximum atomic E-state index is 12.0. The molecule has 2 aromatic rings. The third kappa shape index (κ3) is 5.14. The van der Waals surface area contributed by atoms with Crippen LogP contribution in [0, 0.1) is 0 Å². The zero-order chi connectivity index (χ0) is 23.1. The molecule has 1 N–H and O–H groups in total. The molecule has 0 unspecified atom stereocenters. The quantitative estimate of drug-likeness (QED) is 0.717. The van der Waals surface area contributed by atoms with Crippen molar-refractivity contribution in [3.63, 3.8) is 0 Å². The van der Waals surface area contributed by atoms with Crippen LogP contribution >= 0.6 is 0 Å². The maximum Gasteiger partial charge on any atom is 0.407 e. The second-order valence-corrected chi connectivity index (χ2v) is 7.43. The molecule has 0 spiro atoms. The van der Waals surface area contributed by atoms with Crippen LogP contribution in [0.2, 0.25) is 0 Å². The van der Waals surface area contributed by atoms with Crippen LogP contribution in [-0.4, -0.2) is 42.1 Å². The molecule has 2 aromatic carbocycles. The Labute approximate surface area is 186 Å². The highest BCUT2D eigenvalue weighted by Crippen LogP contribution is 2.44. The monoisotopic (exact) mass is 438 g/mol. The van der Waals surface area contributed by atoms with Crippen LogP contribution in [0.1, 0.15) is 50.2 Å². The van der Waals surface area contributed by atoms with E-state index < -0.39 is 30.4 Å². The number of ether oxygens (including phenoxy) is 1. The van der Waals surface area contributed by atoms with Gasteiger partial charge in [-0.25, -0.2) is 9.59 Å². The van der Waals surface area contributed by atoms with Gasteiger partial charge in [0.25, 0.3) is 11.8 Å². The SMILES string of the molecule is CCC.O=C(CNC(=O)OCC1c2ccccc2-c2ccccc21)ON1C(=O)CCC1=O. The summed E-state index contributed by atoms with van der Waals surface area (Å²) in [6.45, 7) is 3.84. The van der Waals surface area contributed by atoms with Crippen molar-refractivity contribution < 1.29 is 28.8 Å². The normalized spacial score (nSPS) is 14.2. The van der Waals surface area contributed by atoms with E-state index in [0.717, 1.165) is 22.3 Å². The Morgan fingerprint density at radius 2 is 1.44 bits per heavy atom. The number of nitrogens with one attached hydrogen (secondary N) is 1. The van der Waals surface area contributed by atoms with E-state index in [1.807, 2.05) is 48.5 Å². The van der Waals surface area contributed by atoms with Crippen LogP contribution < -0.4 is 5.32 Å². The molecule has 168 valence electrons. The second-order valence-electron chi connectivity index (χ2n) is 7.43. The fourth-order valence-electron chi connectivity index (χ4n) is 3.59. The first-order valence-electron chi connectivity index (χ1n) is 10.6. The molecule has 1 heterocycles. The summed E-state index contributed by atoms with van der Waals surface area (Å²) >= 11 is 0. The van der Waals surface area contributed by atoms with Crippen LogP contribution in [0.15, 0.2) is 48.5 Å². The molecule has 1 saturated heterocycles. The molecule has 1 aliphatic heterocycles. The van der Waals surface area contributed by atoms with Crippen molar-refractivity contribution in [3.05, 3.63) is 59.7 Å². The lowest BCUT2D eigenvalue weighted by Crippen LogP contribution is -2.38. The van der Waals surface area contributed by atoms with Crippen LogP contribution in [0.5, 0.6) is 0 Å². The van der Waals surface area contributed by atoms with Gasteiger partial charge in [0.05, 0.1) is 0 Å². The van der Waals surface area contributed by atoms with Crippen molar-refractivity contribution in [2.24, 2.45) is 0 Å². The standard InChI is InChI=1S/C21H18N2O6.C3H8/c24-18-9-10-19(25)23(18)29-20(26)11-22-21(27)28-12-17-15-7-3-1-5-13(15)14-6-2-4-8-16(14)17;1-3-2/h1-8,17H,9-12H2,(H,22,27);3H2,1-2H3. The highest BCUT2D eigenvalue weighted by atomic mass is 16.7. The Hall–Kier alpha value is -3.68. The minimum absolute atomic E-state index is 0.00587. The molecular formula is C24H26N2O6. The van der Waals surface area contributed by atoms with Crippen LogP contribution in [0.3, 0.4) is 0 Å². The highest BCUT2D eigenvalue weighted by molar-refractivity contribution is 6.01. The number of carbonyl (C=O) groups is 4. The molecule has 0 bridgehead atoms. The first kappa shape index (κ1) is 23.0. The largest absolute Gasteiger partial charge is 0.449 e. The Bertz CT molecular complexity index is 958. The lowest BCUT2D eigenvalue weighted by atomic mass is 9.98. The molecule has 0 atom stereocenters. The molecule has 0 aromatic heterocycles. The molecule has 0 saturated carbocycles.